The molecule has 0 amide bonds. The number of halogens is 2. The Hall–Kier alpha value is -0.790. The highest BCUT2D eigenvalue weighted by Gasteiger charge is 2.35. The molecule has 3 nitrogen and oxygen atoms in total. The lowest BCUT2D eigenvalue weighted by molar-refractivity contribution is 0.0760. The third-order valence-electron chi connectivity index (χ3n) is 3.57. The van der Waals surface area contributed by atoms with E-state index in [1.807, 2.05) is 13.1 Å². The number of nitrogens with zero attached hydrogens (tertiary/aromatic N) is 2. The molecule has 1 aromatic rings. The highest BCUT2D eigenvalue weighted by atomic mass is 35.5. The predicted octanol–water partition coefficient (Wildman–Crippen LogP) is 3.19. The number of hydrogen-bond donors (Lipinski definition) is 1. The van der Waals surface area contributed by atoms with Gasteiger partial charge < -0.3 is 5.11 Å². The second-order valence-electron chi connectivity index (χ2n) is 4.91. The summed E-state index contributed by atoms with van der Waals surface area (Å²) in [5, 5.41) is 20.0. The van der Waals surface area contributed by atoms with Gasteiger partial charge in [0.25, 0.3) is 0 Å². The van der Waals surface area contributed by atoms with E-state index in [9.17, 15) is 5.11 Å². The topological polar surface area (TPSA) is 47.3 Å². The molecule has 1 aliphatic rings. The second kappa shape index (κ2) is 6.11. The Morgan fingerprint density at radius 3 is 2.89 bits per heavy atom. The number of fused-ring (bicyclic) bond motifs is 1. The molecule has 0 heterocycles. The number of benzene rings is 1. The summed E-state index contributed by atoms with van der Waals surface area (Å²) in [6, 6.07) is 5.63. The van der Waals surface area contributed by atoms with Gasteiger partial charge in [-0.15, -0.1) is 0 Å². The molecule has 0 aliphatic heterocycles. The molecule has 5 heteroatoms. The number of rotatable bonds is 4. The van der Waals surface area contributed by atoms with Crippen molar-refractivity contribution in [3.05, 3.63) is 33.3 Å². The van der Waals surface area contributed by atoms with Gasteiger partial charge in [-0.1, -0.05) is 23.2 Å². The Bertz CT molecular complexity index is 513. The van der Waals surface area contributed by atoms with Crippen LogP contribution in [0.5, 0.6) is 0 Å². The first kappa shape index (κ1) is 14.6. The Balaban J connectivity index is 2.22. The van der Waals surface area contributed by atoms with Crippen LogP contribution in [0.2, 0.25) is 10.0 Å². The van der Waals surface area contributed by atoms with Gasteiger partial charge in [-0.25, -0.2) is 0 Å². The number of likely N-dealkylation sites (N-methyl/N-ethyl adjacent to an activating group) is 1. The summed E-state index contributed by atoms with van der Waals surface area (Å²) in [4.78, 5) is 2.07. The van der Waals surface area contributed by atoms with Crippen molar-refractivity contribution in [1.82, 2.24) is 4.90 Å². The van der Waals surface area contributed by atoms with Crippen molar-refractivity contribution >= 4 is 23.2 Å². The fourth-order valence-electron chi connectivity index (χ4n) is 2.71. The lowest BCUT2D eigenvalue weighted by atomic mass is 10.1. The number of unbranched alkanes of at least 4 members (excludes halogenated alkanes) is 1. The molecular formula is C14H16Cl2N2O. The lowest BCUT2D eigenvalue weighted by Gasteiger charge is -2.27. The van der Waals surface area contributed by atoms with E-state index in [1.165, 1.54) is 0 Å². The molecule has 1 aromatic carbocycles. The summed E-state index contributed by atoms with van der Waals surface area (Å²) in [6.07, 6.45) is 1.40. The minimum Gasteiger partial charge on any atom is -0.391 e. The van der Waals surface area contributed by atoms with E-state index in [-0.39, 0.29) is 6.04 Å². The maximum Gasteiger partial charge on any atom is 0.0777 e. The van der Waals surface area contributed by atoms with Crippen LogP contribution in [0.4, 0.5) is 0 Å². The molecule has 0 saturated carbocycles. The van der Waals surface area contributed by atoms with Crippen molar-refractivity contribution in [3.8, 4) is 6.07 Å². The SMILES string of the molecule is CN(CCCC#N)[C@H]1c2cc(Cl)cc(Cl)c2C[C@H]1O. The van der Waals surface area contributed by atoms with E-state index in [1.54, 1.807) is 6.07 Å². The van der Waals surface area contributed by atoms with Crippen molar-refractivity contribution in [2.45, 2.75) is 31.4 Å². The van der Waals surface area contributed by atoms with Crippen LogP contribution >= 0.6 is 23.2 Å². The summed E-state index contributed by atoms with van der Waals surface area (Å²) in [6.45, 7) is 0.763. The minimum atomic E-state index is -0.474. The number of nitriles is 1. The Labute approximate surface area is 123 Å². The summed E-state index contributed by atoms with van der Waals surface area (Å²) < 4.78 is 0. The average molecular weight is 299 g/mol. The molecule has 0 fully saturated rings. The molecule has 0 saturated heterocycles. The quantitative estimate of drug-likeness (QED) is 0.869. The normalized spacial score (nSPS) is 21.5. The Morgan fingerprint density at radius 1 is 1.47 bits per heavy atom. The molecule has 2 rings (SSSR count). The fourth-order valence-corrected chi connectivity index (χ4v) is 3.29. The average Bonchev–Trinajstić information content (AvgIpc) is 2.66. The maximum absolute atomic E-state index is 10.2. The molecular weight excluding hydrogens is 283 g/mol. The molecule has 0 unspecified atom stereocenters. The van der Waals surface area contributed by atoms with Crippen molar-refractivity contribution in [2.75, 3.05) is 13.6 Å². The summed E-state index contributed by atoms with van der Waals surface area (Å²) >= 11 is 12.2. The van der Waals surface area contributed by atoms with Gasteiger partial charge in [0.05, 0.1) is 18.2 Å². The first-order valence-electron chi connectivity index (χ1n) is 6.27. The van der Waals surface area contributed by atoms with Gasteiger partial charge in [0.1, 0.15) is 0 Å². The van der Waals surface area contributed by atoms with Gasteiger partial charge in [0.2, 0.25) is 0 Å². The van der Waals surface area contributed by atoms with Crippen molar-refractivity contribution < 1.29 is 5.11 Å². The lowest BCUT2D eigenvalue weighted by Crippen LogP contribution is -2.31. The third-order valence-corrected chi connectivity index (χ3v) is 4.12. The highest BCUT2D eigenvalue weighted by molar-refractivity contribution is 6.35. The van der Waals surface area contributed by atoms with Gasteiger partial charge in [0.15, 0.2) is 0 Å². The van der Waals surface area contributed by atoms with E-state index >= 15 is 0 Å². The van der Waals surface area contributed by atoms with Gasteiger partial charge in [-0.2, -0.15) is 5.26 Å². The van der Waals surface area contributed by atoms with E-state index in [4.69, 9.17) is 28.5 Å². The van der Waals surface area contributed by atoms with Crippen LogP contribution in [-0.2, 0) is 6.42 Å². The molecule has 0 bridgehead atoms. The Morgan fingerprint density at radius 2 is 2.21 bits per heavy atom. The summed E-state index contributed by atoms with van der Waals surface area (Å²) in [7, 11) is 1.95. The molecule has 102 valence electrons. The van der Waals surface area contributed by atoms with Crippen LogP contribution in [0, 0.1) is 11.3 Å². The predicted molar refractivity (Wildman–Crippen MR) is 76.4 cm³/mol. The highest BCUT2D eigenvalue weighted by Crippen LogP contribution is 2.40. The van der Waals surface area contributed by atoms with Crippen LogP contribution < -0.4 is 0 Å². The zero-order valence-corrected chi connectivity index (χ0v) is 12.2. The summed E-state index contributed by atoms with van der Waals surface area (Å²) in [5.41, 5.74) is 1.99. The van der Waals surface area contributed by atoms with E-state index in [0.29, 0.717) is 22.9 Å². The van der Waals surface area contributed by atoms with Crippen LogP contribution in [0.25, 0.3) is 0 Å². The summed E-state index contributed by atoms with van der Waals surface area (Å²) in [5.74, 6) is 0. The molecule has 1 aliphatic carbocycles. The smallest absolute Gasteiger partial charge is 0.0777 e. The molecule has 0 radical (unpaired) electrons. The molecule has 1 N–H and O–H groups in total. The molecule has 19 heavy (non-hydrogen) atoms. The van der Waals surface area contributed by atoms with Crippen molar-refractivity contribution in [1.29, 1.82) is 5.26 Å². The second-order valence-corrected chi connectivity index (χ2v) is 5.76. The molecule has 0 aromatic heterocycles. The number of hydrogen-bond acceptors (Lipinski definition) is 3. The van der Waals surface area contributed by atoms with Gasteiger partial charge >= 0.3 is 0 Å². The van der Waals surface area contributed by atoms with Crippen LogP contribution in [0.15, 0.2) is 12.1 Å². The first-order chi connectivity index (χ1) is 9.04. The maximum atomic E-state index is 10.2. The van der Waals surface area contributed by atoms with Crippen LogP contribution in [-0.4, -0.2) is 29.7 Å². The number of aliphatic hydroxyl groups is 1. The zero-order chi connectivity index (χ0) is 14.0. The van der Waals surface area contributed by atoms with Gasteiger partial charge in [-0.05, 0) is 43.3 Å². The zero-order valence-electron chi connectivity index (χ0n) is 10.7. The van der Waals surface area contributed by atoms with Gasteiger partial charge in [0, 0.05) is 22.9 Å². The van der Waals surface area contributed by atoms with E-state index in [0.717, 1.165) is 24.1 Å². The standard InChI is InChI=1S/C14H16Cl2N2O/c1-18(5-3-2-4-17)14-11-6-9(15)7-12(16)10(11)8-13(14)19/h6-7,13-14,19H,2-3,5,8H2,1H3/t13-,14+/m1/s1. The third kappa shape index (κ3) is 3.04. The monoisotopic (exact) mass is 298 g/mol. The Kier molecular flexibility index (Phi) is 4.70. The van der Waals surface area contributed by atoms with E-state index in [2.05, 4.69) is 11.0 Å². The largest absolute Gasteiger partial charge is 0.391 e. The molecule has 2 atom stereocenters. The van der Waals surface area contributed by atoms with Crippen LogP contribution in [0.3, 0.4) is 0 Å². The van der Waals surface area contributed by atoms with Gasteiger partial charge in [-0.3, -0.25) is 4.90 Å². The first-order valence-corrected chi connectivity index (χ1v) is 7.03. The molecule has 0 spiro atoms. The fraction of sp³-hybridized carbons (Fsp3) is 0.500. The van der Waals surface area contributed by atoms with Crippen molar-refractivity contribution in [3.63, 3.8) is 0 Å². The van der Waals surface area contributed by atoms with Crippen molar-refractivity contribution in [2.24, 2.45) is 0 Å². The minimum absolute atomic E-state index is 0.0927. The van der Waals surface area contributed by atoms with E-state index < -0.39 is 6.10 Å². The van der Waals surface area contributed by atoms with Crippen LogP contribution in [0.1, 0.15) is 30.0 Å². The number of aliphatic hydroxyl groups excluding tert-OH is 1.